The highest BCUT2D eigenvalue weighted by molar-refractivity contribution is 7.71. The molecular weight excluding hydrogens is 215 g/mol. The highest BCUT2D eigenvalue weighted by atomic mass is 32.1. The molecular formula is C9H9FN4S. The number of rotatable bonds is 2. The minimum Gasteiger partial charge on any atom is -0.300 e. The summed E-state index contributed by atoms with van der Waals surface area (Å²) in [6.45, 7) is 2.63. The van der Waals surface area contributed by atoms with Gasteiger partial charge in [0.1, 0.15) is 5.82 Å². The summed E-state index contributed by atoms with van der Waals surface area (Å²) in [5.74, 6) is 0.221. The van der Waals surface area contributed by atoms with Crippen LogP contribution in [-0.2, 0) is 6.54 Å². The zero-order valence-electron chi connectivity index (χ0n) is 8.07. The van der Waals surface area contributed by atoms with E-state index in [9.17, 15) is 4.39 Å². The molecule has 0 aromatic carbocycles. The van der Waals surface area contributed by atoms with Crippen LogP contribution in [0.1, 0.15) is 6.92 Å². The SMILES string of the molecule is CCn1c(-c2cncc(F)c2)n[nH]c1=S. The van der Waals surface area contributed by atoms with Crippen molar-refractivity contribution in [3.05, 3.63) is 29.0 Å². The average Bonchev–Trinajstić information content (AvgIpc) is 2.59. The van der Waals surface area contributed by atoms with Crippen LogP contribution in [0.4, 0.5) is 4.39 Å². The van der Waals surface area contributed by atoms with Gasteiger partial charge in [-0.15, -0.1) is 0 Å². The van der Waals surface area contributed by atoms with Crippen molar-refractivity contribution in [2.45, 2.75) is 13.5 Å². The van der Waals surface area contributed by atoms with Crippen LogP contribution in [0.25, 0.3) is 11.4 Å². The fraction of sp³-hybridized carbons (Fsp3) is 0.222. The number of aromatic nitrogens is 4. The lowest BCUT2D eigenvalue weighted by Crippen LogP contribution is -1.98. The molecule has 0 aliphatic rings. The molecule has 2 aromatic heterocycles. The highest BCUT2D eigenvalue weighted by Gasteiger charge is 2.08. The summed E-state index contributed by atoms with van der Waals surface area (Å²) in [7, 11) is 0. The molecule has 2 heterocycles. The Morgan fingerprint density at radius 2 is 2.33 bits per heavy atom. The fourth-order valence-corrected chi connectivity index (χ4v) is 1.63. The van der Waals surface area contributed by atoms with Crippen LogP contribution in [0.3, 0.4) is 0 Å². The number of nitrogens with one attached hydrogen (secondary N) is 1. The van der Waals surface area contributed by atoms with Gasteiger partial charge in [-0.2, -0.15) is 5.10 Å². The summed E-state index contributed by atoms with van der Waals surface area (Å²) >= 11 is 5.04. The van der Waals surface area contributed by atoms with E-state index in [1.54, 1.807) is 10.8 Å². The minimum absolute atomic E-state index is 0.385. The van der Waals surface area contributed by atoms with E-state index in [4.69, 9.17) is 12.2 Å². The smallest absolute Gasteiger partial charge is 0.195 e. The molecule has 0 atom stereocenters. The van der Waals surface area contributed by atoms with Gasteiger partial charge >= 0.3 is 0 Å². The van der Waals surface area contributed by atoms with Crippen LogP contribution in [0.15, 0.2) is 18.5 Å². The summed E-state index contributed by atoms with van der Waals surface area (Å²) in [5.41, 5.74) is 0.615. The Hall–Kier alpha value is -1.56. The van der Waals surface area contributed by atoms with Gasteiger partial charge < -0.3 is 4.57 Å². The first-order chi connectivity index (χ1) is 7.22. The monoisotopic (exact) mass is 224 g/mol. The van der Waals surface area contributed by atoms with E-state index in [1.165, 1.54) is 6.07 Å². The van der Waals surface area contributed by atoms with Crippen molar-refractivity contribution in [3.63, 3.8) is 0 Å². The first-order valence-electron chi connectivity index (χ1n) is 4.48. The lowest BCUT2D eigenvalue weighted by molar-refractivity contribution is 0.621. The van der Waals surface area contributed by atoms with Crippen molar-refractivity contribution in [1.82, 2.24) is 19.7 Å². The van der Waals surface area contributed by atoms with Crippen LogP contribution in [-0.4, -0.2) is 19.7 Å². The van der Waals surface area contributed by atoms with Gasteiger partial charge in [0.15, 0.2) is 10.6 Å². The maximum atomic E-state index is 13.0. The summed E-state index contributed by atoms with van der Waals surface area (Å²) in [5, 5.41) is 6.71. The van der Waals surface area contributed by atoms with Crippen LogP contribution >= 0.6 is 12.2 Å². The van der Waals surface area contributed by atoms with E-state index in [-0.39, 0.29) is 5.82 Å². The molecule has 0 bridgehead atoms. The normalized spacial score (nSPS) is 10.5. The van der Waals surface area contributed by atoms with Crippen molar-refractivity contribution in [1.29, 1.82) is 0 Å². The molecule has 2 rings (SSSR count). The van der Waals surface area contributed by atoms with Gasteiger partial charge in [-0.05, 0) is 25.2 Å². The van der Waals surface area contributed by atoms with Gasteiger partial charge in [0.25, 0.3) is 0 Å². The molecule has 15 heavy (non-hydrogen) atoms. The Kier molecular flexibility index (Phi) is 2.59. The summed E-state index contributed by atoms with van der Waals surface area (Å²) in [6, 6.07) is 1.38. The first-order valence-corrected chi connectivity index (χ1v) is 4.89. The molecule has 78 valence electrons. The third-order valence-electron chi connectivity index (χ3n) is 2.04. The number of halogens is 1. The lowest BCUT2D eigenvalue weighted by atomic mass is 10.2. The Balaban J connectivity index is 2.59. The Morgan fingerprint density at radius 1 is 1.53 bits per heavy atom. The summed E-state index contributed by atoms with van der Waals surface area (Å²) < 4.78 is 15.3. The zero-order valence-corrected chi connectivity index (χ0v) is 8.88. The van der Waals surface area contributed by atoms with Gasteiger partial charge in [0.05, 0.1) is 6.20 Å². The van der Waals surface area contributed by atoms with Crippen LogP contribution in [0.2, 0.25) is 0 Å². The van der Waals surface area contributed by atoms with Crippen molar-refractivity contribution in [3.8, 4) is 11.4 Å². The number of hydrogen-bond donors (Lipinski definition) is 1. The van der Waals surface area contributed by atoms with Crippen molar-refractivity contribution in [2.75, 3.05) is 0 Å². The third kappa shape index (κ3) is 1.80. The quantitative estimate of drug-likeness (QED) is 0.795. The third-order valence-corrected chi connectivity index (χ3v) is 2.35. The first kappa shape index (κ1) is 9.97. The fourth-order valence-electron chi connectivity index (χ4n) is 1.37. The molecule has 4 nitrogen and oxygen atoms in total. The molecule has 6 heteroatoms. The standard InChI is InChI=1S/C9H9FN4S/c1-2-14-8(12-13-9(14)15)6-3-7(10)5-11-4-6/h3-5H,2H2,1H3,(H,13,15). The van der Waals surface area contributed by atoms with Gasteiger partial charge in [0, 0.05) is 18.3 Å². The Bertz CT molecular complexity index is 531. The Morgan fingerprint density at radius 3 is 3.00 bits per heavy atom. The largest absolute Gasteiger partial charge is 0.300 e. The maximum absolute atomic E-state index is 13.0. The van der Waals surface area contributed by atoms with Gasteiger partial charge in [-0.25, -0.2) is 4.39 Å². The molecule has 0 aliphatic carbocycles. The average molecular weight is 224 g/mol. The second-order valence-corrected chi connectivity index (χ2v) is 3.38. The van der Waals surface area contributed by atoms with Crippen LogP contribution < -0.4 is 0 Å². The zero-order chi connectivity index (χ0) is 10.8. The molecule has 0 radical (unpaired) electrons. The molecule has 0 saturated heterocycles. The van der Waals surface area contributed by atoms with Crippen molar-refractivity contribution < 1.29 is 4.39 Å². The number of nitrogens with zero attached hydrogens (tertiary/aromatic N) is 3. The second-order valence-electron chi connectivity index (χ2n) is 2.99. The van der Waals surface area contributed by atoms with Crippen molar-refractivity contribution in [2.24, 2.45) is 0 Å². The summed E-state index contributed by atoms with van der Waals surface area (Å²) in [6.07, 6.45) is 2.71. The molecule has 0 spiro atoms. The number of pyridine rings is 1. The Labute approximate surface area is 90.8 Å². The van der Waals surface area contributed by atoms with E-state index in [0.29, 0.717) is 22.7 Å². The van der Waals surface area contributed by atoms with E-state index in [1.807, 2.05) is 6.92 Å². The van der Waals surface area contributed by atoms with Gasteiger partial charge in [-0.3, -0.25) is 10.1 Å². The van der Waals surface area contributed by atoms with Crippen LogP contribution in [0.5, 0.6) is 0 Å². The molecule has 0 saturated carbocycles. The van der Waals surface area contributed by atoms with Crippen molar-refractivity contribution >= 4 is 12.2 Å². The molecule has 0 aliphatic heterocycles. The molecule has 2 aromatic rings. The number of H-pyrrole nitrogens is 1. The maximum Gasteiger partial charge on any atom is 0.195 e. The highest BCUT2D eigenvalue weighted by Crippen LogP contribution is 2.16. The van der Waals surface area contributed by atoms with E-state index >= 15 is 0 Å². The van der Waals surface area contributed by atoms with E-state index < -0.39 is 0 Å². The lowest BCUT2D eigenvalue weighted by Gasteiger charge is -2.02. The predicted octanol–water partition coefficient (Wildman–Crippen LogP) is 2.16. The van der Waals surface area contributed by atoms with E-state index in [2.05, 4.69) is 15.2 Å². The topological polar surface area (TPSA) is 46.5 Å². The number of hydrogen-bond acceptors (Lipinski definition) is 3. The minimum atomic E-state index is -0.385. The molecule has 0 unspecified atom stereocenters. The van der Waals surface area contributed by atoms with Gasteiger partial charge in [0.2, 0.25) is 0 Å². The predicted molar refractivity (Wildman–Crippen MR) is 56.3 cm³/mol. The molecule has 0 amide bonds. The molecule has 1 N–H and O–H groups in total. The molecule has 0 fully saturated rings. The van der Waals surface area contributed by atoms with E-state index in [0.717, 1.165) is 6.20 Å². The summed E-state index contributed by atoms with van der Waals surface area (Å²) in [4.78, 5) is 3.77. The second kappa shape index (κ2) is 3.90. The van der Waals surface area contributed by atoms with Crippen LogP contribution in [0, 0.1) is 10.6 Å². The number of aromatic amines is 1. The van der Waals surface area contributed by atoms with Gasteiger partial charge in [-0.1, -0.05) is 0 Å².